The first-order valence-corrected chi connectivity index (χ1v) is 9.35. The van der Waals surface area contributed by atoms with Crippen LogP contribution in [0.2, 0.25) is 0 Å². The van der Waals surface area contributed by atoms with Crippen LogP contribution >= 0.6 is 7.94 Å². The molecule has 1 atom stereocenters. The molecule has 0 spiro atoms. The Kier molecular flexibility index (Phi) is 5.10. The minimum Gasteiger partial charge on any atom is -0.382 e. The summed E-state index contributed by atoms with van der Waals surface area (Å²) in [7, 11) is -3.66. The van der Waals surface area contributed by atoms with Gasteiger partial charge in [0, 0.05) is 0 Å². The molecule has 0 bridgehead atoms. The van der Waals surface area contributed by atoms with Gasteiger partial charge in [0.2, 0.25) is 6.35 Å². The maximum Gasteiger partial charge on any atom is 0.478 e. The Bertz CT molecular complexity index is 842. The van der Waals surface area contributed by atoms with Crippen molar-refractivity contribution in [1.82, 2.24) is 19.5 Å². The summed E-state index contributed by atoms with van der Waals surface area (Å²) in [5.74, 6) is 0.689. The minimum atomic E-state index is -3.66. The van der Waals surface area contributed by atoms with Gasteiger partial charge in [-0.15, -0.1) is 0 Å². The topological polar surface area (TPSA) is 129 Å². The number of nitrogen functional groups attached to an aromatic ring is 1. The van der Waals surface area contributed by atoms with Gasteiger partial charge in [0.25, 0.3) is 0 Å². The average molecular weight is 364 g/mol. The van der Waals surface area contributed by atoms with E-state index in [2.05, 4.69) is 15.0 Å². The van der Waals surface area contributed by atoms with Gasteiger partial charge in [-0.05, 0) is 19.1 Å². The third-order valence-corrected chi connectivity index (χ3v) is 4.39. The maximum atomic E-state index is 10.0. The van der Waals surface area contributed by atoms with Gasteiger partial charge in [0.1, 0.15) is 11.8 Å². The third-order valence-electron chi connectivity index (χ3n) is 3.41. The summed E-state index contributed by atoms with van der Waals surface area (Å²) >= 11 is 0. The van der Waals surface area contributed by atoms with Crippen molar-refractivity contribution in [3.63, 3.8) is 0 Å². The monoisotopic (exact) mass is 364 g/mol. The molecule has 0 aliphatic heterocycles. The van der Waals surface area contributed by atoms with Crippen molar-refractivity contribution in [2.45, 2.75) is 19.6 Å². The van der Waals surface area contributed by atoms with Crippen molar-refractivity contribution in [2.75, 3.05) is 12.1 Å². The first kappa shape index (κ1) is 17.5. The molecule has 1 aromatic carbocycles. The van der Waals surface area contributed by atoms with E-state index in [-0.39, 0.29) is 12.5 Å². The quantitative estimate of drug-likeness (QED) is 0.539. The fourth-order valence-electron chi connectivity index (χ4n) is 2.26. The summed E-state index contributed by atoms with van der Waals surface area (Å²) in [6, 6.07) is 8.60. The second-order valence-electron chi connectivity index (χ2n) is 5.50. The van der Waals surface area contributed by atoms with Crippen molar-refractivity contribution in [3.05, 3.63) is 43.0 Å². The van der Waals surface area contributed by atoms with Crippen LogP contribution in [0.15, 0.2) is 43.0 Å². The summed E-state index contributed by atoms with van der Waals surface area (Å²) in [6.45, 7) is 2.22. The molecule has 0 aliphatic carbocycles. The number of imidazole rings is 1. The molecule has 3 aromatic rings. The lowest BCUT2D eigenvalue weighted by molar-refractivity contribution is 0.0723. The molecule has 0 radical (unpaired) electrons. The van der Waals surface area contributed by atoms with E-state index in [9.17, 15) is 9.79 Å². The smallest absolute Gasteiger partial charge is 0.382 e. The lowest BCUT2D eigenvalue weighted by Crippen LogP contribution is -2.19. The molecule has 0 saturated heterocycles. The van der Waals surface area contributed by atoms with Gasteiger partial charge in [-0.1, -0.05) is 18.2 Å². The zero-order chi connectivity index (χ0) is 17.9. The van der Waals surface area contributed by atoms with Crippen LogP contribution in [0.5, 0.6) is 5.75 Å². The Morgan fingerprint density at radius 2 is 1.96 bits per heavy atom. The molecule has 0 amide bonds. The number of ether oxygens (including phenoxy) is 1. The van der Waals surface area contributed by atoms with Gasteiger partial charge < -0.3 is 15.0 Å². The summed E-state index contributed by atoms with van der Waals surface area (Å²) in [6.07, 6.45) is 2.32. The summed E-state index contributed by atoms with van der Waals surface area (Å²) < 4.78 is 12.5. The second kappa shape index (κ2) is 7.28. The highest BCUT2D eigenvalue weighted by Gasteiger charge is 2.38. The largest absolute Gasteiger partial charge is 0.478 e. The highest BCUT2D eigenvalue weighted by Crippen LogP contribution is 2.51. The number of benzene rings is 1. The highest BCUT2D eigenvalue weighted by molar-refractivity contribution is 7.59. The van der Waals surface area contributed by atoms with Gasteiger partial charge in [-0.25, -0.2) is 15.0 Å². The number of rotatable bonds is 7. The predicted octanol–water partition coefficient (Wildman–Crippen LogP) is 1.60. The number of aromatic nitrogens is 4. The first-order valence-electron chi connectivity index (χ1n) is 7.56. The zero-order valence-electron chi connectivity index (χ0n) is 13.6. The van der Waals surface area contributed by atoms with Crippen LogP contribution in [-0.2, 0) is 11.3 Å². The van der Waals surface area contributed by atoms with Gasteiger partial charge in [0.05, 0.1) is 19.0 Å². The number of fused-ring (bicyclic) bond motifs is 1. The lowest BCUT2D eigenvalue weighted by atomic mass is 10.3. The van der Waals surface area contributed by atoms with Crippen molar-refractivity contribution >= 4 is 24.9 Å². The number of hydrogen-bond acceptors (Lipinski definition) is 8. The number of hydrogen-bond donors (Lipinski definition) is 3. The Morgan fingerprint density at radius 1 is 1.20 bits per heavy atom. The molecule has 0 saturated carbocycles. The van der Waals surface area contributed by atoms with Crippen LogP contribution in [0.1, 0.15) is 6.92 Å². The summed E-state index contributed by atoms with van der Waals surface area (Å²) in [5.41, 5.74) is 6.87. The molecule has 3 rings (SSSR count). The molecule has 10 heteroatoms. The van der Waals surface area contributed by atoms with E-state index in [4.69, 9.17) is 15.0 Å². The number of nitrogens with two attached hydrogens (primary N) is 1. The highest BCUT2D eigenvalue weighted by atomic mass is 31.2. The summed E-state index contributed by atoms with van der Waals surface area (Å²) in [4.78, 5) is 32.3. The van der Waals surface area contributed by atoms with Crippen LogP contribution in [0.4, 0.5) is 5.82 Å². The van der Waals surface area contributed by atoms with E-state index in [1.54, 1.807) is 42.1 Å². The lowest BCUT2D eigenvalue weighted by Gasteiger charge is -2.16. The molecule has 0 aliphatic rings. The van der Waals surface area contributed by atoms with E-state index >= 15 is 0 Å². The fourth-order valence-corrected chi connectivity index (χ4v) is 3.22. The molecule has 2 heterocycles. The van der Waals surface area contributed by atoms with Crippen molar-refractivity contribution in [3.8, 4) is 5.75 Å². The average Bonchev–Trinajstić information content (AvgIpc) is 2.98. The Morgan fingerprint density at radius 3 is 2.72 bits per heavy atom. The van der Waals surface area contributed by atoms with Crippen molar-refractivity contribution < 1.29 is 19.0 Å². The zero-order valence-corrected chi connectivity index (χ0v) is 14.5. The molecular weight excluding hydrogens is 345 g/mol. The van der Waals surface area contributed by atoms with Crippen LogP contribution < -0.4 is 10.3 Å². The van der Waals surface area contributed by atoms with Crippen molar-refractivity contribution in [1.29, 1.82) is 0 Å². The first-order chi connectivity index (χ1) is 11.9. The van der Waals surface area contributed by atoms with E-state index in [0.29, 0.717) is 29.3 Å². The number of nitrogens with zero attached hydrogens (tertiary/aromatic N) is 4. The molecule has 0 fully saturated rings. The van der Waals surface area contributed by atoms with Crippen LogP contribution in [0.25, 0.3) is 11.2 Å². The predicted molar refractivity (Wildman–Crippen MR) is 93.6 cm³/mol. The summed E-state index contributed by atoms with van der Waals surface area (Å²) in [5, 5.41) is 0. The van der Waals surface area contributed by atoms with E-state index in [0.717, 1.165) is 0 Å². The van der Waals surface area contributed by atoms with Gasteiger partial charge in [-0.3, -0.25) is 4.52 Å². The normalized spacial score (nSPS) is 13.1. The van der Waals surface area contributed by atoms with Gasteiger partial charge >= 0.3 is 7.94 Å². The van der Waals surface area contributed by atoms with Gasteiger partial charge in [0.15, 0.2) is 17.2 Å². The van der Waals surface area contributed by atoms with E-state index < -0.39 is 7.94 Å². The fraction of sp³-hybridized carbons (Fsp3) is 0.267. The van der Waals surface area contributed by atoms with E-state index in [1.807, 2.05) is 6.07 Å². The van der Waals surface area contributed by atoms with E-state index in [1.165, 1.54) is 6.33 Å². The number of anilines is 1. The van der Waals surface area contributed by atoms with Gasteiger partial charge in [-0.2, -0.15) is 9.79 Å². The molecule has 2 aromatic heterocycles. The Hall–Kier alpha value is -2.32. The molecule has 0 unspecified atom stereocenters. The third kappa shape index (κ3) is 4.40. The number of para-hydroxylation sites is 1. The molecule has 9 nitrogen and oxygen atoms in total. The van der Waals surface area contributed by atoms with Crippen molar-refractivity contribution in [2.24, 2.45) is 0 Å². The standard InChI is InChI=1S/C15H19N5O4P/c1-11(7-20-9-19-13-14(16)17-8-18-15(13)20)23-10-25(21,22)24-12-5-3-2-4-6-12/h2-6,8-9,11,21-22H,7,10H2,1H3,(H2,16,17,18)/q+1/t11-/m1/s1. The molecule has 4 N–H and O–H groups in total. The SMILES string of the molecule is C[C@H](Cn1cnc2c(N)ncnc21)OC[P+](O)(O)Oc1ccccc1. The second-order valence-corrected chi connectivity index (χ2v) is 7.27. The maximum absolute atomic E-state index is 10.0. The molecular formula is C15H19N5O4P+. The Balaban J connectivity index is 1.58. The Labute approximate surface area is 144 Å². The van der Waals surface area contributed by atoms with Crippen LogP contribution in [-0.4, -0.2) is 41.8 Å². The van der Waals surface area contributed by atoms with Crippen LogP contribution in [0, 0.1) is 0 Å². The minimum absolute atomic E-state index is 0.309. The molecule has 25 heavy (non-hydrogen) atoms. The molecule has 132 valence electrons. The van der Waals surface area contributed by atoms with Crippen LogP contribution in [0.3, 0.4) is 0 Å².